The second-order valence-electron chi connectivity index (χ2n) is 7.76. The van der Waals surface area contributed by atoms with Gasteiger partial charge in [0.15, 0.2) is 0 Å². The van der Waals surface area contributed by atoms with Gasteiger partial charge in [-0.25, -0.2) is 4.39 Å². The Labute approximate surface area is 148 Å². The molecule has 0 N–H and O–H groups in total. The SMILES string of the molecule is O=C([C@H]1CCC2(CCN(Cc3ccc(F)cc3)CC2)O1)N1CCCC1. The average Bonchev–Trinajstić information content (AvgIpc) is 3.29. The number of benzene rings is 1. The number of piperidine rings is 1. The largest absolute Gasteiger partial charge is 0.362 e. The molecule has 5 heteroatoms. The monoisotopic (exact) mass is 346 g/mol. The molecule has 0 radical (unpaired) electrons. The zero-order chi connectivity index (χ0) is 17.3. The fourth-order valence-electron chi connectivity index (χ4n) is 4.46. The summed E-state index contributed by atoms with van der Waals surface area (Å²) in [5.41, 5.74) is 1.05. The molecule has 0 aliphatic carbocycles. The summed E-state index contributed by atoms with van der Waals surface area (Å²) in [6, 6.07) is 6.76. The Hall–Kier alpha value is -1.46. The fourth-order valence-corrected chi connectivity index (χ4v) is 4.46. The number of carbonyl (C=O) groups is 1. The molecule has 0 saturated carbocycles. The van der Waals surface area contributed by atoms with Gasteiger partial charge in [-0.05, 0) is 56.2 Å². The number of hydrogen-bond acceptors (Lipinski definition) is 3. The van der Waals surface area contributed by atoms with Crippen LogP contribution in [0, 0.1) is 5.82 Å². The first kappa shape index (κ1) is 17.0. The van der Waals surface area contributed by atoms with E-state index in [2.05, 4.69) is 4.90 Å². The van der Waals surface area contributed by atoms with Gasteiger partial charge in [-0.2, -0.15) is 0 Å². The van der Waals surface area contributed by atoms with Crippen molar-refractivity contribution >= 4 is 5.91 Å². The van der Waals surface area contributed by atoms with Gasteiger partial charge in [0, 0.05) is 32.7 Å². The van der Waals surface area contributed by atoms with Crippen molar-refractivity contribution in [1.29, 1.82) is 0 Å². The molecule has 3 aliphatic rings. The molecule has 1 aromatic rings. The number of likely N-dealkylation sites (tertiary alicyclic amines) is 2. The van der Waals surface area contributed by atoms with Crippen molar-refractivity contribution in [2.45, 2.75) is 56.8 Å². The molecule has 3 saturated heterocycles. The molecule has 4 rings (SSSR count). The summed E-state index contributed by atoms with van der Waals surface area (Å²) in [6.45, 7) is 4.60. The highest BCUT2D eigenvalue weighted by molar-refractivity contribution is 5.81. The summed E-state index contributed by atoms with van der Waals surface area (Å²) in [7, 11) is 0. The van der Waals surface area contributed by atoms with E-state index < -0.39 is 0 Å². The molecule has 0 unspecified atom stereocenters. The van der Waals surface area contributed by atoms with Crippen molar-refractivity contribution in [3.05, 3.63) is 35.6 Å². The van der Waals surface area contributed by atoms with Gasteiger partial charge in [-0.15, -0.1) is 0 Å². The van der Waals surface area contributed by atoms with Crippen LogP contribution in [0.1, 0.15) is 44.1 Å². The van der Waals surface area contributed by atoms with Crippen LogP contribution in [0.3, 0.4) is 0 Å². The second kappa shape index (κ2) is 7.04. The van der Waals surface area contributed by atoms with Crippen LogP contribution < -0.4 is 0 Å². The fraction of sp³-hybridized carbons (Fsp3) is 0.650. The van der Waals surface area contributed by atoms with Crippen molar-refractivity contribution < 1.29 is 13.9 Å². The predicted molar refractivity (Wildman–Crippen MR) is 93.6 cm³/mol. The second-order valence-corrected chi connectivity index (χ2v) is 7.76. The molecule has 25 heavy (non-hydrogen) atoms. The lowest BCUT2D eigenvalue weighted by molar-refractivity contribution is -0.150. The number of halogens is 1. The molecule has 1 atom stereocenters. The molecule has 1 spiro atoms. The quantitative estimate of drug-likeness (QED) is 0.844. The summed E-state index contributed by atoms with van der Waals surface area (Å²) < 4.78 is 19.3. The van der Waals surface area contributed by atoms with Gasteiger partial charge < -0.3 is 9.64 Å². The highest BCUT2D eigenvalue weighted by Gasteiger charge is 2.45. The minimum atomic E-state index is -0.221. The van der Waals surface area contributed by atoms with E-state index in [-0.39, 0.29) is 23.4 Å². The summed E-state index contributed by atoms with van der Waals surface area (Å²) >= 11 is 0. The average molecular weight is 346 g/mol. The van der Waals surface area contributed by atoms with Crippen molar-refractivity contribution in [2.75, 3.05) is 26.2 Å². The first-order valence-corrected chi connectivity index (χ1v) is 9.57. The Kier molecular flexibility index (Phi) is 4.78. The van der Waals surface area contributed by atoms with Crippen molar-refractivity contribution in [1.82, 2.24) is 9.80 Å². The van der Waals surface area contributed by atoms with Crippen LogP contribution in [-0.4, -0.2) is 53.6 Å². The molecule has 3 fully saturated rings. The van der Waals surface area contributed by atoms with Crippen LogP contribution in [0.5, 0.6) is 0 Å². The predicted octanol–water partition coefficient (Wildman–Crippen LogP) is 2.96. The molecule has 3 aliphatic heterocycles. The number of ether oxygens (including phenoxy) is 1. The summed E-state index contributed by atoms with van der Waals surface area (Å²) in [4.78, 5) is 16.9. The first-order valence-electron chi connectivity index (χ1n) is 9.57. The third-order valence-corrected chi connectivity index (χ3v) is 6.03. The highest BCUT2D eigenvalue weighted by Crippen LogP contribution is 2.39. The number of rotatable bonds is 3. The van der Waals surface area contributed by atoms with E-state index in [9.17, 15) is 9.18 Å². The molecule has 4 nitrogen and oxygen atoms in total. The topological polar surface area (TPSA) is 32.8 Å². The minimum Gasteiger partial charge on any atom is -0.362 e. The molecule has 1 aromatic carbocycles. The molecular formula is C20H27FN2O2. The van der Waals surface area contributed by atoms with E-state index in [0.717, 1.165) is 76.8 Å². The van der Waals surface area contributed by atoms with Gasteiger partial charge in [0.1, 0.15) is 11.9 Å². The lowest BCUT2D eigenvalue weighted by atomic mass is 9.88. The maximum atomic E-state index is 13.0. The van der Waals surface area contributed by atoms with Crippen LogP contribution in [-0.2, 0) is 16.1 Å². The summed E-state index contributed by atoms with van der Waals surface area (Å²) in [6.07, 6.45) is 5.87. The van der Waals surface area contributed by atoms with E-state index >= 15 is 0 Å². The van der Waals surface area contributed by atoms with E-state index in [1.54, 1.807) is 0 Å². The maximum Gasteiger partial charge on any atom is 0.251 e. The highest BCUT2D eigenvalue weighted by atomic mass is 19.1. The lowest BCUT2D eigenvalue weighted by Gasteiger charge is -2.39. The van der Waals surface area contributed by atoms with Gasteiger partial charge >= 0.3 is 0 Å². The number of nitrogens with zero attached hydrogens (tertiary/aromatic N) is 2. The lowest BCUT2D eigenvalue weighted by Crippen LogP contribution is -2.45. The zero-order valence-corrected chi connectivity index (χ0v) is 14.8. The number of hydrogen-bond donors (Lipinski definition) is 0. The summed E-state index contributed by atoms with van der Waals surface area (Å²) in [5.74, 6) is 0.0255. The normalized spacial score (nSPS) is 26.4. The Balaban J connectivity index is 1.29. The molecule has 0 bridgehead atoms. The minimum absolute atomic E-state index is 0.0979. The van der Waals surface area contributed by atoms with Crippen LogP contribution in [0.15, 0.2) is 24.3 Å². The van der Waals surface area contributed by atoms with Crippen LogP contribution in [0.2, 0.25) is 0 Å². The Morgan fingerprint density at radius 1 is 1.08 bits per heavy atom. The molecule has 1 amide bonds. The molecular weight excluding hydrogens is 319 g/mol. The van der Waals surface area contributed by atoms with Gasteiger partial charge in [0.2, 0.25) is 0 Å². The van der Waals surface area contributed by atoms with Gasteiger partial charge in [0.25, 0.3) is 5.91 Å². The van der Waals surface area contributed by atoms with E-state index in [0.29, 0.717) is 0 Å². The first-order chi connectivity index (χ1) is 12.1. The van der Waals surface area contributed by atoms with Crippen LogP contribution >= 0.6 is 0 Å². The maximum absolute atomic E-state index is 13.0. The molecule has 136 valence electrons. The smallest absolute Gasteiger partial charge is 0.251 e. The third kappa shape index (κ3) is 3.72. The van der Waals surface area contributed by atoms with E-state index in [1.165, 1.54) is 12.1 Å². The zero-order valence-electron chi connectivity index (χ0n) is 14.8. The van der Waals surface area contributed by atoms with E-state index in [1.807, 2.05) is 17.0 Å². The Morgan fingerprint density at radius 3 is 2.44 bits per heavy atom. The van der Waals surface area contributed by atoms with Gasteiger partial charge in [0.05, 0.1) is 5.60 Å². The van der Waals surface area contributed by atoms with Crippen molar-refractivity contribution in [3.63, 3.8) is 0 Å². The van der Waals surface area contributed by atoms with Crippen LogP contribution in [0.4, 0.5) is 4.39 Å². The third-order valence-electron chi connectivity index (χ3n) is 6.03. The van der Waals surface area contributed by atoms with Gasteiger partial charge in [-0.1, -0.05) is 12.1 Å². The van der Waals surface area contributed by atoms with Crippen LogP contribution in [0.25, 0.3) is 0 Å². The molecule has 0 aromatic heterocycles. The Bertz CT molecular complexity index is 605. The number of carbonyl (C=O) groups excluding carboxylic acids is 1. The Morgan fingerprint density at radius 2 is 1.76 bits per heavy atom. The number of amides is 1. The van der Waals surface area contributed by atoms with Crippen molar-refractivity contribution in [2.24, 2.45) is 0 Å². The van der Waals surface area contributed by atoms with Gasteiger partial charge in [-0.3, -0.25) is 9.69 Å². The van der Waals surface area contributed by atoms with E-state index in [4.69, 9.17) is 4.74 Å². The molecule has 3 heterocycles. The summed E-state index contributed by atoms with van der Waals surface area (Å²) in [5, 5.41) is 0. The van der Waals surface area contributed by atoms with Crippen molar-refractivity contribution in [3.8, 4) is 0 Å². The standard InChI is InChI=1S/C20H27FN2O2/c21-17-5-3-16(4-6-17)15-22-13-9-20(10-14-22)8-7-18(25-20)19(24)23-11-1-2-12-23/h3-6,18H,1-2,7-15H2/t18-/m1/s1.